The largest absolute Gasteiger partial charge is 0.477 e. The maximum atomic E-state index is 10.7. The summed E-state index contributed by atoms with van der Waals surface area (Å²) in [5.41, 5.74) is -0.113. The molecular weight excluding hydrogens is 148 g/mol. The standard InChI is InChI=1S/C6H6N2O3/c1-4(9)8-5(6(10)11)2-3-7-8/h2-3H,1H3,(H,10,11). The zero-order chi connectivity index (χ0) is 8.43. The van der Waals surface area contributed by atoms with Crippen molar-refractivity contribution in [2.75, 3.05) is 0 Å². The highest BCUT2D eigenvalue weighted by Crippen LogP contribution is 1.97. The molecule has 0 bridgehead atoms. The Morgan fingerprint density at radius 1 is 1.64 bits per heavy atom. The van der Waals surface area contributed by atoms with Crippen LogP contribution in [0.2, 0.25) is 0 Å². The second-order valence-electron chi connectivity index (χ2n) is 1.95. The zero-order valence-electron chi connectivity index (χ0n) is 5.81. The minimum atomic E-state index is -1.15. The normalized spacial score (nSPS) is 9.55. The van der Waals surface area contributed by atoms with E-state index in [1.807, 2.05) is 0 Å². The highest BCUT2D eigenvalue weighted by molar-refractivity contribution is 5.90. The van der Waals surface area contributed by atoms with Crippen LogP contribution in [-0.4, -0.2) is 26.8 Å². The number of carboxylic acids is 1. The molecule has 5 nitrogen and oxygen atoms in total. The summed E-state index contributed by atoms with van der Waals surface area (Å²) in [6.07, 6.45) is 1.27. The SMILES string of the molecule is CC(=O)n1nccc1C(=O)O. The molecule has 11 heavy (non-hydrogen) atoms. The molecule has 0 saturated carbocycles. The predicted octanol–water partition coefficient (Wildman–Crippen LogP) is 0.241. The van der Waals surface area contributed by atoms with Crippen LogP contribution < -0.4 is 0 Å². The first-order valence-electron chi connectivity index (χ1n) is 2.91. The first kappa shape index (κ1) is 7.46. The number of aromatic nitrogens is 2. The van der Waals surface area contributed by atoms with Crippen LogP contribution in [-0.2, 0) is 0 Å². The lowest BCUT2D eigenvalue weighted by Crippen LogP contribution is -2.14. The molecule has 1 rings (SSSR count). The predicted molar refractivity (Wildman–Crippen MR) is 35.5 cm³/mol. The summed E-state index contributed by atoms with van der Waals surface area (Å²) in [5.74, 6) is -1.56. The summed E-state index contributed by atoms with van der Waals surface area (Å²) in [4.78, 5) is 21.0. The fourth-order valence-corrected chi connectivity index (χ4v) is 0.716. The molecule has 0 aliphatic rings. The number of hydrogen-bond acceptors (Lipinski definition) is 3. The van der Waals surface area contributed by atoms with Crippen LogP contribution in [0.1, 0.15) is 22.2 Å². The van der Waals surface area contributed by atoms with E-state index in [4.69, 9.17) is 5.11 Å². The van der Waals surface area contributed by atoms with Gasteiger partial charge in [-0.1, -0.05) is 0 Å². The Balaban J connectivity index is 3.16. The van der Waals surface area contributed by atoms with Crippen molar-refractivity contribution in [3.05, 3.63) is 18.0 Å². The van der Waals surface area contributed by atoms with E-state index in [9.17, 15) is 9.59 Å². The third kappa shape index (κ3) is 1.26. The van der Waals surface area contributed by atoms with Crippen LogP contribution in [0.25, 0.3) is 0 Å². The summed E-state index contributed by atoms with van der Waals surface area (Å²) < 4.78 is 0.836. The fourth-order valence-electron chi connectivity index (χ4n) is 0.716. The number of hydrogen-bond donors (Lipinski definition) is 1. The van der Waals surface area contributed by atoms with Gasteiger partial charge in [0, 0.05) is 6.92 Å². The van der Waals surface area contributed by atoms with Gasteiger partial charge in [-0.2, -0.15) is 9.78 Å². The van der Waals surface area contributed by atoms with E-state index in [0.29, 0.717) is 0 Å². The summed E-state index contributed by atoms with van der Waals surface area (Å²) in [5, 5.41) is 12.0. The summed E-state index contributed by atoms with van der Waals surface area (Å²) in [6, 6.07) is 1.27. The Bertz CT molecular complexity index is 274. The van der Waals surface area contributed by atoms with Crippen LogP contribution in [0.15, 0.2) is 12.3 Å². The van der Waals surface area contributed by atoms with Gasteiger partial charge in [0.05, 0.1) is 6.20 Å². The van der Waals surface area contributed by atoms with E-state index in [1.54, 1.807) is 0 Å². The molecule has 0 amide bonds. The average Bonchev–Trinajstić information content (AvgIpc) is 2.32. The molecule has 0 saturated heterocycles. The topological polar surface area (TPSA) is 72.2 Å². The Hall–Kier alpha value is -1.65. The van der Waals surface area contributed by atoms with Gasteiger partial charge in [0.15, 0.2) is 5.69 Å². The van der Waals surface area contributed by atoms with Crippen molar-refractivity contribution in [2.45, 2.75) is 6.92 Å². The lowest BCUT2D eigenvalue weighted by Gasteiger charge is -1.95. The fraction of sp³-hybridized carbons (Fsp3) is 0.167. The molecule has 1 N–H and O–H groups in total. The molecule has 5 heteroatoms. The number of rotatable bonds is 1. The van der Waals surface area contributed by atoms with Gasteiger partial charge in [-0.25, -0.2) is 4.79 Å². The Kier molecular flexibility index (Phi) is 1.72. The van der Waals surface area contributed by atoms with Crippen LogP contribution in [0.5, 0.6) is 0 Å². The highest BCUT2D eigenvalue weighted by atomic mass is 16.4. The monoisotopic (exact) mass is 154 g/mol. The van der Waals surface area contributed by atoms with E-state index < -0.39 is 11.9 Å². The Morgan fingerprint density at radius 3 is 2.64 bits per heavy atom. The second-order valence-corrected chi connectivity index (χ2v) is 1.95. The van der Waals surface area contributed by atoms with Crippen molar-refractivity contribution in [3.63, 3.8) is 0 Å². The molecule has 1 heterocycles. The number of carboxylic acid groups (broad SMARTS) is 1. The Labute approximate surface area is 62.3 Å². The number of nitrogens with zero attached hydrogens (tertiary/aromatic N) is 2. The van der Waals surface area contributed by atoms with Crippen molar-refractivity contribution in [1.29, 1.82) is 0 Å². The summed E-state index contributed by atoms with van der Waals surface area (Å²) >= 11 is 0. The lowest BCUT2D eigenvalue weighted by molar-refractivity contribution is 0.0671. The first-order valence-corrected chi connectivity index (χ1v) is 2.91. The molecule has 1 aromatic rings. The van der Waals surface area contributed by atoms with Crippen molar-refractivity contribution in [2.24, 2.45) is 0 Å². The van der Waals surface area contributed by atoms with Crippen molar-refractivity contribution >= 4 is 11.9 Å². The van der Waals surface area contributed by atoms with Crippen LogP contribution in [0.3, 0.4) is 0 Å². The number of aromatic carboxylic acids is 1. The molecule has 0 unspecified atom stereocenters. The minimum Gasteiger partial charge on any atom is -0.477 e. The van der Waals surface area contributed by atoms with Gasteiger partial charge in [-0.05, 0) is 6.07 Å². The first-order chi connectivity index (χ1) is 5.13. The molecule has 0 radical (unpaired) electrons. The summed E-state index contributed by atoms with van der Waals surface area (Å²) in [7, 11) is 0. The molecule has 58 valence electrons. The van der Waals surface area contributed by atoms with Gasteiger partial charge >= 0.3 is 5.97 Å². The van der Waals surface area contributed by atoms with E-state index in [0.717, 1.165) is 4.68 Å². The van der Waals surface area contributed by atoms with Crippen LogP contribution in [0, 0.1) is 0 Å². The molecule has 0 atom stereocenters. The van der Waals surface area contributed by atoms with Crippen molar-refractivity contribution in [1.82, 2.24) is 9.78 Å². The van der Waals surface area contributed by atoms with Gasteiger partial charge in [0.25, 0.3) is 0 Å². The number of carbonyl (C=O) groups is 2. The van der Waals surface area contributed by atoms with E-state index >= 15 is 0 Å². The molecule has 0 spiro atoms. The smallest absolute Gasteiger partial charge is 0.354 e. The average molecular weight is 154 g/mol. The van der Waals surface area contributed by atoms with Gasteiger partial charge in [0.1, 0.15) is 0 Å². The van der Waals surface area contributed by atoms with Crippen LogP contribution in [0.4, 0.5) is 0 Å². The highest BCUT2D eigenvalue weighted by Gasteiger charge is 2.11. The van der Waals surface area contributed by atoms with Gasteiger partial charge < -0.3 is 5.11 Å². The molecule has 0 aliphatic carbocycles. The molecule has 0 aromatic carbocycles. The summed E-state index contributed by atoms with van der Waals surface area (Å²) in [6.45, 7) is 1.25. The maximum Gasteiger partial charge on any atom is 0.354 e. The molecule has 0 fully saturated rings. The van der Waals surface area contributed by atoms with Gasteiger partial charge in [-0.3, -0.25) is 4.79 Å². The molecule has 0 aliphatic heterocycles. The van der Waals surface area contributed by atoms with Crippen LogP contribution >= 0.6 is 0 Å². The lowest BCUT2D eigenvalue weighted by atomic mass is 10.4. The third-order valence-electron chi connectivity index (χ3n) is 1.16. The maximum absolute atomic E-state index is 10.7. The van der Waals surface area contributed by atoms with Gasteiger partial charge in [0.2, 0.25) is 5.91 Å². The van der Waals surface area contributed by atoms with E-state index in [1.165, 1.54) is 19.2 Å². The molecular formula is C6H6N2O3. The second kappa shape index (κ2) is 2.53. The van der Waals surface area contributed by atoms with E-state index in [-0.39, 0.29) is 5.69 Å². The Morgan fingerprint density at radius 2 is 2.27 bits per heavy atom. The third-order valence-corrected chi connectivity index (χ3v) is 1.16. The minimum absolute atomic E-state index is 0.113. The van der Waals surface area contributed by atoms with E-state index in [2.05, 4.69) is 5.10 Å². The number of carbonyl (C=O) groups excluding carboxylic acids is 1. The van der Waals surface area contributed by atoms with Crippen molar-refractivity contribution in [3.8, 4) is 0 Å². The quantitative estimate of drug-likeness (QED) is 0.628. The zero-order valence-corrected chi connectivity index (χ0v) is 5.81. The van der Waals surface area contributed by atoms with Crippen molar-refractivity contribution < 1.29 is 14.7 Å². The van der Waals surface area contributed by atoms with Gasteiger partial charge in [-0.15, -0.1) is 0 Å². The molecule has 1 aromatic heterocycles.